The van der Waals surface area contributed by atoms with Gasteiger partial charge in [0, 0.05) is 5.56 Å². The molecule has 1 rings (SSSR count). The molecule has 0 aromatic heterocycles. The summed E-state index contributed by atoms with van der Waals surface area (Å²) in [4.78, 5) is 11.6. The van der Waals surface area contributed by atoms with Crippen LogP contribution in [0.1, 0.15) is 15.9 Å². The highest BCUT2D eigenvalue weighted by atomic mass is 16.5. The first-order valence-electron chi connectivity index (χ1n) is 4.51. The number of aryl methyl sites for hydroxylation is 1. The van der Waals surface area contributed by atoms with Crippen molar-refractivity contribution in [3.8, 4) is 5.75 Å². The van der Waals surface area contributed by atoms with Gasteiger partial charge < -0.3 is 10.1 Å². The second-order valence-electron chi connectivity index (χ2n) is 3.13. The van der Waals surface area contributed by atoms with Gasteiger partial charge in [0.25, 0.3) is 0 Å². The molecule has 0 heterocycles. The third kappa shape index (κ3) is 2.33. The summed E-state index contributed by atoms with van der Waals surface area (Å²) < 4.78 is 5.06. The van der Waals surface area contributed by atoms with Crippen molar-refractivity contribution in [2.75, 3.05) is 20.7 Å². The highest BCUT2D eigenvalue weighted by Crippen LogP contribution is 2.16. The van der Waals surface area contributed by atoms with E-state index in [-0.39, 0.29) is 5.78 Å². The van der Waals surface area contributed by atoms with Crippen LogP contribution in [0, 0.1) is 6.92 Å². The molecule has 0 saturated carbocycles. The lowest BCUT2D eigenvalue weighted by Gasteiger charge is -2.06. The van der Waals surface area contributed by atoms with Crippen molar-refractivity contribution in [3.05, 3.63) is 29.3 Å². The van der Waals surface area contributed by atoms with Crippen LogP contribution in [-0.4, -0.2) is 26.5 Å². The molecule has 1 aromatic rings. The van der Waals surface area contributed by atoms with Crippen molar-refractivity contribution in [3.63, 3.8) is 0 Å². The zero-order chi connectivity index (χ0) is 10.6. The Kier molecular flexibility index (Phi) is 3.65. The topological polar surface area (TPSA) is 38.3 Å². The Balaban J connectivity index is 2.94. The van der Waals surface area contributed by atoms with Gasteiger partial charge in [0.1, 0.15) is 5.75 Å². The van der Waals surface area contributed by atoms with Gasteiger partial charge in [-0.05, 0) is 37.7 Å². The quantitative estimate of drug-likeness (QED) is 0.735. The first kappa shape index (κ1) is 10.7. The number of Topliss-reactive ketones (excluding diaryl/α,β-unsaturated/α-hetero) is 1. The van der Waals surface area contributed by atoms with Crippen molar-refractivity contribution in [2.45, 2.75) is 6.92 Å². The van der Waals surface area contributed by atoms with Crippen LogP contribution in [0.25, 0.3) is 0 Å². The second-order valence-corrected chi connectivity index (χ2v) is 3.13. The van der Waals surface area contributed by atoms with Gasteiger partial charge in [-0.15, -0.1) is 0 Å². The van der Waals surface area contributed by atoms with Crippen LogP contribution in [0.15, 0.2) is 18.2 Å². The zero-order valence-corrected chi connectivity index (χ0v) is 8.76. The summed E-state index contributed by atoms with van der Waals surface area (Å²) in [5, 5.41) is 2.84. The number of benzene rings is 1. The van der Waals surface area contributed by atoms with Gasteiger partial charge in [0.05, 0.1) is 13.7 Å². The smallest absolute Gasteiger partial charge is 0.176 e. The van der Waals surface area contributed by atoms with Gasteiger partial charge >= 0.3 is 0 Å². The molecule has 0 amide bonds. The molecule has 0 fully saturated rings. The summed E-state index contributed by atoms with van der Waals surface area (Å²) in [5.41, 5.74) is 1.70. The molecular formula is C11H15NO2. The molecule has 0 aliphatic carbocycles. The number of ether oxygens (including phenoxy) is 1. The van der Waals surface area contributed by atoms with Gasteiger partial charge in [-0.1, -0.05) is 0 Å². The number of hydrogen-bond donors (Lipinski definition) is 1. The lowest BCUT2D eigenvalue weighted by molar-refractivity contribution is 0.0993. The van der Waals surface area contributed by atoms with Crippen molar-refractivity contribution in [1.29, 1.82) is 0 Å². The maximum Gasteiger partial charge on any atom is 0.176 e. The fourth-order valence-corrected chi connectivity index (χ4v) is 1.33. The van der Waals surface area contributed by atoms with Gasteiger partial charge in [0.2, 0.25) is 0 Å². The first-order chi connectivity index (χ1) is 6.69. The number of carbonyl (C=O) groups excluding carboxylic acids is 1. The molecule has 3 nitrogen and oxygen atoms in total. The number of nitrogens with one attached hydrogen (secondary N) is 1. The molecule has 3 heteroatoms. The molecule has 0 aliphatic heterocycles. The molecule has 0 spiro atoms. The number of likely N-dealkylation sites (N-methyl/N-ethyl adjacent to an activating group) is 1. The Hall–Kier alpha value is -1.35. The SMILES string of the molecule is CNCC(=O)c1ccc(OC)cc1C. The lowest BCUT2D eigenvalue weighted by atomic mass is 10.0. The molecule has 0 aliphatic rings. The third-order valence-electron chi connectivity index (χ3n) is 2.07. The summed E-state index contributed by atoms with van der Waals surface area (Å²) >= 11 is 0. The highest BCUT2D eigenvalue weighted by Gasteiger charge is 2.08. The fourth-order valence-electron chi connectivity index (χ4n) is 1.33. The van der Waals surface area contributed by atoms with Gasteiger partial charge in [-0.2, -0.15) is 0 Å². The summed E-state index contributed by atoms with van der Waals surface area (Å²) in [5.74, 6) is 0.885. The fraction of sp³-hybridized carbons (Fsp3) is 0.364. The van der Waals surface area contributed by atoms with Gasteiger partial charge in [-0.25, -0.2) is 0 Å². The van der Waals surface area contributed by atoms with E-state index >= 15 is 0 Å². The van der Waals surface area contributed by atoms with Crippen LogP contribution in [-0.2, 0) is 0 Å². The van der Waals surface area contributed by atoms with Gasteiger partial charge in [0.15, 0.2) is 5.78 Å². The molecule has 1 N–H and O–H groups in total. The molecule has 0 saturated heterocycles. The normalized spacial score (nSPS) is 9.93. The molecule has 76 valence electrons. The lowest BCUT2D eigenvalue weighted by Crippen LogP contribution is -2.19. The predicted molar refractivity (Wildman–Crippen MR) is 56.0 cm³/mol. The van der Waals surface area contributed by atoms with E-state index in [1.165, 1.54) is 0 Å². The second kappa shape index (κ2) is 4.77. The third-order valence-corrected chi connectivity index (χ3v) is 2.07. The summed E-state index contributed by atoms with van der Waals surface area (Å²) in [6.07, 6.45) is 0. The molecule has 0 bridgehead atoms. The average molecular weight is 193 g/mol. The van der Waals surface area contributed by atoms with Crippen molar-refractivity contribution in [1.82, 2.24) is 5.32 Å². The van der Waals surface area contributed by atoms with E-state index in [2.05, 4.69) is 5.32 Å². The van der Waals surface area contributed by atoms with Crippen molar-refractivity contribution >= 4 is 5.78 Å². The zero-order valence-electron chi connectivity index (χ0n) is 8.76. The summed E-state index contributed by atoms with van der Waals surface area (Å²) in [6, 6.07) is 5.46. The molecule has 14 heavy (non-hydrogen) atoms. The van der Waals surface area contributed by atoms with E-state index in [1.807, 2.05) is 13.0 Å². The monoisotopic (exact) mass is 193 g/mol. The Morgan fingerprint density at radius 1 is 1.50 bits per heavy atom. The molecular weight excluding hydrogens is 178 g/mol. The van der Waals surface area contributed by atoms with Crippen LogP contribution in [0.4, 0.5) is 0 Å². The number of hydrogen-bond acceptors (Lipinski definition) is 3. The average Bonchev–Trinajstić information content (AvgIpc) is 2.17. The van der Waals surface area contributed by atoms with Crippen LogP contribution in [0.2, 0.25) is 0 Å². The number of rotatable bonds is 4. The minimum atomic E-state index is 0.104. The first-order valence-corrected chi connectivity index (χ1v) is 4.51. The maximum absolute atomic E-state index is 11.6. The van der Waals surface area contributed by atoms with Crippen LogP contribution in [0.5, 0.6) is 5.75 Å². The van der Waals surface area contributed by atoms with Crippen LogP contribution in [0.3, 0.4) is 0 Å². The minimum Gasteiger partial charge on any atom is -0.497 e. The minimum absolute atomic E-state index is 0.104. The van der Waals surface area contributed by atoms with Gasteiger partial charge in [-0.3, -0.25) is 4.79 Å². The summed E-state index contributed by atoms with van der Waals surface area (Å²) in [6.45, 7) is 2.28. The summed E-state index contributed by atoms with van der Waals surface area (Å²) in [7, 11) is 3.38. The van der Waals surface area contributed by atoms with E-state index < -0.39 is 0 Å². The molecule has 0 atom stereocenters. The van der Waals surface area contributed by atoms with E-state index in [0.717, 1.165) is 16.9 Å². The standard InChI is InChI=1S/C11H15NO2/c1-8-6-9(14-3)4-5-10(8)11(13)7-12-2/h4-6,12H,7H2,1-3H3. The Bertz CT molecular complexity index is 334. The van der Waals surface area contributed by atoms with Crippen molar-refractivity contribution < 1.29 is 9.53 Å². The van der Waals surface area contributed by atoms with Crippen LogP contribution < -0.4 is 10.1 Å². The van der Waals surface area contributed by atoms with E-state index in [9.17, 15) is 4.79 Å². The van der Waals surface area contributed by atoms with Crippen molar-refractivity contribution in [2.24, 2.45) is 0 Å². The van der Waals surface area contributed by atoms with E-state index in [1.54, 1.807) is 26.3 Å². The number of carbonyl (C=O) groups is 1. The molecule has 1 aromatic carbocycles. The largest absolute Gasteiger partial charge is 0.497 e. The van der Waals surface area contributed by atoms with E-state index in [4.69, 9.17) is 4.74 Å². The maximum atomic E-state index is 11.6. The number of ketones is 1. The Morgan fingerprint density at radius 3 is 2.71 bits per heavy atom. The van der Waals surface area contributed by atoms with Crippen LogP contribution >= 0.6 is 0 Å². The Morgan fingerprint density at radius 2 is 2.21 bits per heavy atom. The highest BCUT2D eigenvalue weighted by molar-refractivity contribution is 5.99. The number of methoxy groups -OCH3 is 1. The molecule has 0 radical (unpaired) electrons. The van der Waals surface area contributed by atoms with E-state index in [0.29, 0.717) is 6.54 Å². The Labute approximate surface area is 84.1 Å². The predicted octanol–water partition coefficient (Wildman–Crippen LogP) is 1.41. The molecule has 0 unspecified atom stereocenters.